The Bertz CT molecular complexity index is 109. The zero-order chi connectivity index (χ0) is 30.0. The van der Waals surface area contributed by atoms with Crippen molar-refractivity contribution < 1.29 is 0 Å². The highest BCUT2D eigenvalue weighted by Gasteiger charge is 0.646. The molecule has 0 saturated heterocycles. The van der Waals surface area contributed by atoms with Crippen molar-refractivity contribution >= 4 is 186 Å². The molecule has 30 heteroatoms. The lowest BCUT2D eigenvalue weighted by molar-refractivity contribution is 1.67. The van der Waals surface area contributed by atoms with Gasteiger partial charge < -0.3 is 0 Å². The maximum absolute atomic E-state index is 5.33. The summed E-state index contributed by atoms with van der Waals surface area (Å²) in [6, 6.07) is 0. The van der Waals surface area contributed by atoms with Crippen LogP contribution in [0, 0.1) is 71.7 Å². The van der Waals surface area contributed by atoms with Crippen LogP contribution in [0.3, 0.4) is 0 Å². The number of nitrogens with one attached hydrogen (secondary N) is 15. The fourth-order valence-electron chi connectivity index (χ4n) is 0. The van der Waals surface area contributed by atoms with E-state index in [1.54, 1.807) is 0 Å². The zero-order valence-electron chi connectivity index (χ0n) is 13.6. The van der Waals surface area contributed by atoms with E-state index in [1.807, 2.05) is 0 Å². The van der Waals surface area contributed by atoms with Gasteiger partial charge in [0, 0.05) is 186 Å². The van der Waals surface area contributed by atoms with Crippen LogP contribution in [0.1, 0.15) is 37.1 Å². The number of hydrogen-bond acceptors (Lipinski definition) is 30. The van der Waals surface area contributed by atoms with E-state index in [2.05, 4.69) is 186 Å². The SMILES string of the molecule is C.C.C.C.C.N=S.N=S.N=S.N=S.N=S.N=S.N=S.N=S.N=S.N=S.N=S.N=S.N=S.N=S.N=S. The second kappa shape index (κ2) is 423000. The van der Waals surface area contributed by atoms with Crippen LogP contribution < -0.4 is 0 Å². The third-order valence-electron chi connectivity index (χ3n) is 0. The van der Waals surface area contributed by atoms with E-state index < -0.39 is 0 Å². The fourth-order valence-corrected chi connectivity index (χ4v) is 0. The second-order valence-corrected chi connectivity index (χ2v) is 0. The molecule has 0 aliphatic heterocycles. The minimum absolute atomic E-state index is 0. The molecule has 0 aliphatic carbocycles. The highest BCUT2D eigenvalue weighted by molar-refractivity contribution is 7.47. The van der Waals surface area contributed by atoms with Gasteiger partial charge in [-0.1, -0.05) is 37.1 Å². The molecule has 0 aliphatic rings. The van der Waals surface area contributed by atoms with Gasteiger partial charge in [0.25, 0.3) is 0 Å². The number of hydrogen-bond donors (Lipinski definition) is 15. The molecule has 0 aromatic rings. The van der Waals surface area contributed by atoms with E-state index in [-0.39, 0.29) is 37.1 Å². The second-order valence-electron chi connectivity index (χ2n) is 0. The molecule has 0 radical (unpaired) electrons. The molecule has 0 aromatic heterocycles. The summed E-state index contributed by atoms with van der Waals surface area (Å²) in [6.45, 7) is 0. The first-order valence-corrected chi connectivity index (χ1v) is 9.19. The Balaban J connectivity index is -0.00000000379. The van der Waals surface area contributed by atoms with E-state index in [9.17, 15) is 0 Å². The van der Waals surface area contributed by atoms with E-state index in [4.69, 9.17) is 71.7 Å². The van der Waals surface area contributed by atoms with Crippen molar-refractivity contribution in [3.8, 4) is 0 Å². The Morgan fingerprint density at radius 1 is 0.114 bits per heavy atom. The Morgan fingerprint density at radius 2 is 0.114 bits per heavy atom. The Kier molecular flexibility index (Phi) is 2140000. The van der Waals surface area contributed by atoms with Crippen molar-refractivity contribution in [3.05, 3.63) is 0 Å². The molecular formula is C5H35N15S15. The normalized spacial score (nSPS) is 1.71. The van der Waals surface area contributed by atoms with Crippen LogP contribution in [0.5, 0.6) is 0 Å². The summed E-state index contributed by atoms with van der Waals surface area (Å²) in [6.07, 6.45) is 0. The topological polar surface area (TPSA) is 358 Å². The smallest absolute Gasteiger partial charge is 0.0324 e. The van der Waals surface area contributed by atoms with Crippen molar-refractivity contribution in [3.63, 3.8) is 0 Å². The average Bonchev–Trinajstić information content (AvgIpc) is 3.00. The first-order chi connectivity index (χ1) is 15.0. The highest BCUT2D eigenvalue weighted by Crippen LogP contribution is 0.777. The van der Waals surface area contributed by atoms with E-state index in [0.29, 0.717) is 0 Å². The molecule has 0 amide bonds. The van der Waals surface area contributed by atoms with Crippen molar-refractivity contribution in [2.75, 3.05) is 0 Å². The van der Waals surface area contributed by atoms with Gasteiger partial charge in [-0.25, -0.2) is 71.7 Å². The summed E-state index contributed by atoms with van der Waals surface area (Å²) in [5.74, 6) is 0. The summed E-state index contributed by atoms with van der Waals surface area (Å²) < 4.78 is 80.0. The van der Waals surface area contributed by atoms with Crippen LogP contribution in [0.2, 0.25) is 0 Å². The highest BCUT2D eigenvalue weighted by atomic mass is 32.1. The van der Waals surface area contributed by atoms with Crippen molar-refractivity contribution in [2.45, 2.75) is 37.1 Å². The molecule has 0 saturated carbocycles. The van der Waals surface area contributed by atoms with Gasteiger partial charge in [0.05, 0.1) is 0 Å². The van der Waals surface area contributed by atoms with Crippen molar-refractivity contribution in [1.82, 2.24) is 0 Å². The molecule has 220 valence electrons. The summed E-state index contributed by atoms with van der Waals surface area (Å²) in [4.78, 5) is 0. The predicted molar refractivity (Wildman–Crippen MR) is 185 cm³/mol. The van der Waals surface area contributed by atoms with Crippen LogP contribution in [0.4, 0.5) is 0 Å². The molecule has 0 bridgehead atoms. The summed E-state index contributed by atoms with van der Waals surface area (Å²) in [5, 5.41) is 0. The molecule has 0 heterocycles. The summed E-state index contributed by atoms with van der Waals surface area (Å²) in [5.41, 5.74) is 0. The van der Waals surface area contributed by atoms with E-state index in [0.717, 1.165) is 0 Å². The summed E-state index contributed by atoms with van der Waals surface area (Å²) in [7, 11) is 0. The van der Waals surface area contributed by atoms with Crippen LogP contribution in [0.15, 0.2) is 0 Å². The minimum Gasteiger partial charge on any atom is -0.235 e. The fraction of sp³-hybridized carbons (Fsp3) is 1.00. The molecule has 15 N–H and O–H groups in total. The first-order valence-electron chi connectivity index (χ1n) is 3.06. The van der Waals surface area contributed by atoms with Gasteiger partial charge in [0.15, 0.2) is 0 Å². The monoisotopic (exact) mass is 785 g/mol. The predicted octanol–water partition coefficient (Wildman–Crippen LogP) is 7.62. The van der Waals surface area contributed by atoms with E-state index >= 15 is 0 Å². The van der Waals surface area contributed by atoms with Gasteiger partial charge in [-0.3, -0.25) is 0 Å². The molecule has 35 heavy (non-hydrogen) atoms. The maximum atomic E-state index is 5.33. The number of rotatable bonds is 0. The van der Waals surface area contributed by atoms with Gasteiger partial charge >= 0.3 is 0 Å². The Morgan fingerprint density at radius 3 is 0.114 bits per heavy atom. The lowest BCUT2D eigenvalue weighted by atomic mass is 12.0. The largest absolute Gasteiger partial charge is 0.235 e. The van der Waals surface area contributed by atoms with Crippen LogP contribution in [-0.2, 0) is 186 Å². The van der Waals surface area contributed by atoms with Gasteiger partial charge in [0.1, 0.15) is 0 Å². The minimum atomic E-state index is 0. The molecule has 0 atom stereocenters. The maximum Gasteiger partial charge on any atom is 0.0324 e. The zero-order valence-corrected chi connectivity index (χ0v) is 25.9. The first kappa shape index (κ1) is 177. The lowest BCUT2D eigenvalue weighted by Gasteiger charge is -0.821. The molecule has 15 nitrogen and oxygen atoms in total. The molecule has 0 rings (SSSR count). The van der Waals surface area contributed by atoms with Gasteiger partial charge in [-0.2, -0.15) is 0 Å². The standard InChI is InChI=1S/5CH4.15HNS/c;;;;;15*1-2/h5*1H4;15*1H. The van der Waals surface area contributed by atoms with Gasteiger partial charge in [0.2, 0.25) is 0 Å². The third-order valence-corrected chi connectivity index (χ3v) is 0. The van der Waals surface area contributed by atoms with Crippen molar-refractivity contribution in [1.29, 1.82) is 71.7 Å². The Labute approximate surface area is 292 Å². The van der Waals surface area contributed by atoms with Crippen LogP contribution in [0.25, 0.3) is 0 Å². The Hall–Kier alpha value is 0.300. The van der Waals surface area contributed by atoms with Crippen LogP contribution >= 0.6 is 0 Å². The molecular weight excluding hydrogens is 751 g/mol. The van der Waals surface area contributed by atoms with Gasteiger partial charge in [-0.15, -0.1) is 0 Å². The molecule has 0 fully saturated rings. The van der Waals surface area contributed by atoms with Crippen LogP contribution in [-0.4, -0.2) is 0 Å². The average molecular weight is 786 g/mol. The molecule has 0 unspecified atom stereocenters. The quantitative estimate of drug-likeness (QED) is 0.112. The van der Waals surface area contributed by atoms with E-state index in [1.165, 1.54) is 0 Å². The molecule has 0 spiro atoms. The lowest BCUT2D eigenvalue weighted by Crippen LogP contribution is -0.668. The van der Waals surface area contributed by atoms with Crippen molar-refractivity contribution in [2.24, 2.45) is 0 Å². The third kappa shape index (κ3) is 398000. The summed E-state index contributed by atoms with van der Waals surface area (Å²) >= 11 is 50.0. The van der Waals surface area contributed by atoms with Gasteiger partial charge in [-0.05, 0) is 0 Å². The molecule has 0 aromatic carbocycles.